The van der Waals surface area contributed by atoms with Crippen LogP contribution in [0.4, 0.5) is 0 Å². The van der Waals surface area contributed by atoms with Crippen LogP contribution in [-0.2, 0) is 5.41 Å². The Morgan fingerprint density at radius 3 is 2.33 bits per heavy atom. The van der Waals surface area contributed by atoms with Crippen LogP contribution < -0.4 is 5.56 Å². The van der Waals surface area contributed by atoms with Crippen molar-refractivity contribution in [1.29, 1.82) is 0 Å². The van der Waals surface area contributed by atoms with Crippen LogP contribution in [0.1, 0.15) is 31.9 Å². The molecule has 0 fully saturated rings. The van der Waals surface area contributed by atoms with E-state index in [1.165, 1.54) is 0 Å². The van der Waals surface area contributed by atoms with Gasteiger partial charge in [-0.3, -0.25) is 4.79 Å². The molecule has 0 radical (unpaired) electrons. The van der Waals surface area contributed by atoms with Crippen LogP contribution in [0.2, 0.25) is 0 Å². The molecule has 2 heteroatoms. The molecule has 1 rings (SSSR count). The SMILES string of the molecule is Cc1c(C(C)(C)C)cc[nH]c1=O. The van der Waals surface area contributed by atoms with Gasteiger partial charge in [-0.1, -0.05) is 20.8 Å². The molecule has 0 bridgehead atoms. The highest BCUT2D eigenvalue weighted by Gasteiger charge is 2.16. The third-order valence-electron chi connectivity index (χ3n) is 2.02. The molecule has 1 aromatic heterocycles. The molecule has 0 amide bonds. The second-order valence-electron chi connectivity index (χ2n) is 4.10. The van der Waals surface area contributed by atoms with Crippen molar-refractivity contribution in [1.82, 2.24) is 4.98 Å². The summed E-state index contributed by atoms with van der Waals surface area (Å²) in [7, 11) is 0. The predicted molar refractivity (Wildman–Crippen MR) is 50.5 cm³/mol. The largest absolute Gasteiger partial charge is 0.329 e. The summed E-state index contributed by atoms with van der Waals surface area (Å²) in [6.07, 6.45) is 1.70. The van der Waals surface area contributed by atoms with Gasteiger partial charge in [0.2, 0.25) is 0 Å². The van der Waals surface area contributed by atoms with Gasteiger partial charge in [0.25, 0.3) is 5.56 Å². The van der Waals surface area contributed by atoms with E-state index < -0.39 is 0 Å². The molecular weight excluding hydrogens is 150 g/mol. The van der Waals surface area contributed by atoms with Crippen molar-refractivity contribution in [3.05, 3.63) is 33.7 Å². The van der Waals surface area contributed by atoms with Crippen LogP contribution in [0.15, 0.2) is 17.1 Å². The Bertz CT molecular complexity index is 330. The number of hydrogen-bond donors (Lipinski definition) is 1. The van der Waals surface area contributed by atoms with E-state index in [-0.39, 0.29) is 11.0 Å². The van der Waals surface area contributed by atoms with Gasteiger partial charge in [0.1, 0.15) is 0 Å². The summed E-state index contributed by atoms with van der Waals surface area (Å²) in [4.78, 5) is 13.9. The third kappa shape index (κ3) is 1.58. The lowest BCUT2D eigenvalue weighted by atomic mass is 9.85. The standard InChI is InChI=1S/C10H15NO/c1-7-8(10(2,3)4)5-6-11-9(7)12/h5-6H,1-4H3,(H,11,12). The van der Waals surface area contributed by atoms with Crippen LogP contribution in [0.3, 0.4) is 0 Å². The number of pyridine rings is 1. The lowest BCUT2D eigenvalue weighted by Gasteiger charge is -2.20. The van der Waals surface area contributed by atoms with Gasteiger partial charge in [-0.05, 0) is 24.0 Å². The normalized spacial score (nSPS) is 11.7. The van der Waals surface area contributed by atoms with Crippen molar-refractivity contribution in [2.75, 3.05) is 0 Å². The van der Waals surface area contributed by atoms with E-state index in [0.29, 0.717) is 0 Å². The first kappa shape index (κ1) is 9.04. The number of aromatic nitrogens is 1. The van der Waals surface area contributed by atoms with Crippen molar-refractivity contribution in [2.24, 2.45) is 0 Å². The highest BCUT2D eigenvalue weighted by atomic mass is 16.1. The first-order valence-corrected chi connectivity index (χ1v) is 4.11. The summed E-state index contributed by atoms with van der Waals surface area (Å²) in [5.74, 6) is 0. The second-order valence-corrected chi connectivity index (χ2v) is 4.10. The molecule has 0 aliphatic carbocycles. The fourth-order valence-corrected chi connectivity index (χ4v) is 1.37. The van der Waals surface area contributed by atoms with Gasteiger partial charge in [0.05, 0.1) is 0 Å². The fourth-order valence-electron chi connectivity index (χ4n) is 1.37. The van der Waals surface area contributed by atoms with E-state index in [4.69, 9.17) is 0 Å². The van der Waals surface area contributed by atoms with Gasteiger partial charge >= 0.3 is 0 Å². The molecule has 0 saturated carbocycles. The van der Waals surface area contributed by atoms with Gasteiger partial charge < -0.3 is 4.98 Å². The molecule has 0 saturated heterocycles. The van der Waals surface area contributed by atoms with E-state index in [1.54, 1.807) is 6.20 Å². The highest BCUT2D eigenvalue weighted by molar-refractivity contribution is 5.28. The van der Waals surface area contributed by atoms with Gasteiger partial charge in [-0.2, -0.15) is 0 Å². The van der Waals surface area contributed by atoms with Gasteiger partial charge in [0.15, 0.2) is 0 Å². The number of rotatable bonds is 0. The molecule has 1 N–H and O–H groups in total. The molecule has 0 aromatic carbocycles. The summed E-state index contributed by atoms with van der Waals surface area (Å²) in [5, 5.41) is 0. The molecule has 1 heterocycles. The van der Waals surface area contributed by atoms with Crippen LogP contribution in [0.5, 0.6) is 0 Å². The maximum absolute atomic E-state index is 11.2. The minimum atomic E-state index is 0.0161. The average Bonchev–Trinajstić information content (AvgIpc) is 1.92. The van der Waals surface area contributed by atoms with Crippen LogP contribution in [0, 0.1) is 6.92 Å². The quantitative estimate of drug-likeness (QED) is 0.626. The average molecular weight is 165 g/mol. The lowest BCUT2D eigenvalue weighted by Crippen LogP contribution is -2.20. The minimum Gasteiger partial charge on any atom is -0.329 e. The predicted octanol–water partition coefficient (Wildman–Crippen LogP) is 1.98. The van der Waals surface area contributed by atoms with Crippen molar-refractivity contribution in [2.45, 2.75) is 33.1 Å². The van der Waals surface area contributed by atoms with Crippen LogP contribution in [0.25, 0.3) is 0 Å². The zero-order chi connectivity index (χ0) is 9.35. The second kappa shape index (κ2) is 2.77. The van der Waals surface area contributed by atoms with Crippen molar-refractivity contribution >= 4 is 0 Å². The Kier molecular flexibility index (Phi) is 2.09. The molecule has 0 aliphatic heterocycles. The van der Waals surface area contributed by atoms with Crippen molar-refractivity contribution in [3.63, 3.8) is 0 Å². The highest BCUT2D eigenvalue weighted by Crippen LogP contribution is 2.22. The molecular formula is C10H15NO. The number of nitrogens with one attached hydrogen (secondary N) is 1. The van der Waals surface area contributed by atoms with E-state index in [0.717, 1.165) is 11.1 Å². The van der Waals surface area contributed by atoms with Crippen molar-refractivity contribution < 1.29 is 0 Å². The van der Waals surface area contributed by atoms with E-state index >= 15 is 0 Å². The number of aromatic amines is 1. The molecule has 2 nitrogen and oxygen atoms in total. The summed E-state index contributed by atoms with van der Waals surface area (Å²) >= 11 is 0. The Balaban J connectivity index is 3.36. The Hall–Kier alpha value is -1.05. The summed E-state index contributed by atoms with van der Waals surface area (Å²) in [6, 6.07) is 1.97. The maximum atomic E-state index is 11.2. The minimum absolute atomic E-state index is 0.0161. The summed E-state index contributed by atoms with van der Waals surface area (Å²) < 4.78 is 0. The van der Waals surface area contributed by atoms with Gasteiger partial charge in [-0.25, -0.2) is 0 Å². The molecule has 0 aliphatic rings. The van der Waals surface area contributed by atoms with Crippen molar-refractivity contribution in [3.8, 4) is 0 Å². The zero-order valence-corrected chi connectivity index (χ0v) is 8.06. The van der Waals surface area contributed by atoms with Crippen LogP contribution >= 0.6 is 0 Å². The fraction of sp³-hybridized carbons (Fsp3) is 0.500. The zero-order valence-electron chi connectivity index (χ0n) is 8.06. The molecule has 1 aromatic rings. The van der Waals surface area contributed by atoms with Gasteiger partial charge in [0, 0.05) is 11.8 Å². The maximum Gasteiger partial charge on any atom is 0.251 e. The van der Waals surface area contributed by atoms with Gasteiger partial charge in [-0.15, -0.1) is 0 Å². The first-order chi connectivity index (χ1) is 5.43. The molecule has 0 atom stereocenters. The molecule has 12 heavy (non-hydrogen) atoms. The van der Waals surface area contributed by atoms with E-state index in [1.807, 2.05) is 13.0 Å². The molecule has 0 spiro atoms. The Morgan fingerprint density at radius 1 is 1.33 bits per heavy atom. The smallest absolute Gasteiger partial charge is 0.251 e. The lowest BCUT2D eigenvalue weighted by molar-refractivity contribution is 0.583. The van der Waals surface area contributed by atoms with E-state index in [9.17, 15) is 4.79 Å². The van der Waals surface area contributed by atoms with Crippen LogP contribution in [-0.4, -0.2) is 4.98 Å². The summed E-state index contributed by atoms with van der Waals surface area (Å²) in [6.45, 7) is 8.18. The Morgan fingerprint density at radius 2 is 1.92 bits per heavy atom. The number of hydrogen-bond acceptors (Lipinski definition) is 1. The molecule has 0 unspecified atom stereocenters. The van der Waals surface area contributed by atoms with E-state index in [2.05, 4.69) is 25.8 Å². The number of H-pyrrole nitrogens is 1. The summed E-state index contributed by atoms with van der Waals surface area (Å²) in [5.41, 5.74) is 2.01. The first-order valence-electron chi connectivity index (χ1n) is 4.11. The third-order valence-corrected chi connectivity index (χ3v) is 2.02. The molecule has 66 valence electrons. The monoisotopic (exact) mass is 165 g/mol. The topological polar surface area (TPSA) is 32.9 Å². The Labute approximate surface area is 72.6 Å².